The zero-order chi connectivity index (χ0) is 15.6. The van der Waals surface area contributed by atoms with E-state index in [1.807, 2.05) is 0 Å². The third-order valence-electron chi connectivity index (χ3n) is 7.32. The van der Waals surface area contributed by atoms with Gasteiger partial charge in [0.2, 0.25) is 0 Å². The Morgan fingerprint density at radius 3 is 2.05 bits per heavy atom. The Bertz CT molecular complexity index is 296. The quantitative estimate of drug-likeness (QED) is 0.582. The Morgan fingerprint density at radius 1 is 1.20 bits per heavy atom. The van der Waals surface area contributed by atoms with Gasteiger partial charge in [0.15, 0.2) is 0 Å². The van der Waals surface area contributed by atoms with Crippen molar-refractivity contribution in [3.05, 3.63) is 0 Å². The van der Waals surface area contributed by atoms with Crippen molar-refractivity contribution in [2.24, 2.45) is 34.3 Å². The molecule has 0 saturated heterocycles. The summed E-state index contributed by atoms with van der Waals surface area (Å²) in [5.41, 5.74) is 7.35. The molecule has 1 aliphatic rings. The summed E-state index contributed by atoms with van der Waals surface area (Å²) < 4.78 is 0. The van der Waals surface area contributed by atoms with Crippen molar-refractivity contribution in [3.8, 4) is 0 Å². The molecular weight excluding hydrogens is 242 g/mol. The second-order valence-corrected chi connectivity index (χ2v) is 7.78. The van der Waals surface area contributed by atoms with Crippen LogP contribution in [0.15, 0.2) is 0 Å². The summed E-state index contributed by atoms with van der Waals surface area (Å²) in [4.78, 5) is 0. The molecule has 2 N–H and O–H groups in total. The third-order valence-corrected chi connectivity index (χ3v) is 7.32. The molecule has 20 heavy (non-hydrogen) atoms. The summed E-state index contributed by atoms with van der Waals surface area (Å²) in [6.45, 7) is 16.9. The van der Waals surface area contributed by atoms with Gasteiger partial charge in [-0.25, -0.2) is 0 Å². The normalized spacial score (nSPS) is 33.3. The Balaban J connectivity index is 2.93. The predicted octanol–water partition coefficient (Wildman–Crippen LogP) is 5.63. The second-order valence-electron chi connectivity index (χ2n) is 7.78. The van der Waals surface area contributed by atoms with E-state index in [0.29, 0.717) is 16.9 Å². The SMILES string of the molecule is CCC(N)CC(CC)C(C)(CC)C(C)C1(CC)CC1C. The van der Waals surface area contributed by atoms with E-state index in [0.717, 1.165) is 24.2 Å². The highest BCUT2D eigenvalue weighted by Crippen LogP contribution is 2.66. The summed E-state index contributed by atoms with van der Waals surface area (Å²) in [6, 6.07) is 0.382. The molecule has 1 fully saturated rings. The van der Waals surface area contributed by atoms with Gasteiger partial charge in [0.05, 0.1) is 0 Å². The molecule has 1 aliphatic carbocycles. The molecule has 0 aromatic heterocycles. The molecule has 1 saturated carbocycles. The highest BCUT2D eigenvalue weighted by atomic mass is 14.7. The van der Waals surface area contributed by atoms with Gasteiger partial charge in [-0.05, 0) is 54.3 Å². The van der Waals surface area contributed by atoms with Gasteiger partial charge in [0, 0.05) is 6.04 Å². The molecule has 0 aromatic rings. The first-order chi connectivity index (χ1) is 9.32. The molecule has 1 nitrogen and oxygen atoms in total. The van der Waals surface area contributed by atoms with E-state index in [1.165, 1.54) is 32.1 Å². The fourth-order valence-corrected chi connectivity index (χ4v) is 4.95. The fourth-order valence-electron chi connectivity index (χ4n) is 4.95. The van der Waals surface area contributed by atoms with Crippen LogP contribution in [-0.2, 0) is 0 Å². The number of nitrogens with two attached hydrogens (primary N) is 1. The first-order valence-electron chi connectivity index (χ1n) is 9.07. The minimum atomic E-state index is 0.382. The standard InChI is InChI=1S/C19H39N/c1-8-16(12-17(20)9-2)18(7,10-3)15(6)19(11-4)13-14(19)5/h14-17H,8-13,20H2,1-7H3. The van der Waals surface area contributed by atoms with Crippen LogP contribution in [0.3, 0.4) is 0 Å². The molecule has 1 heteroatoms. The molecule has 0 bridgehead atoms. The van der Waals surface area contributed by atoms with Crippen LogP contribution in [0.25, 0.3) is 0 Å². The molecule has 0 amide bonds. The van der Waals surface area contributed by atoms with Crippen molar-refractivity contribution in [1.29, 1.82) is 0 Å². The molecule has 0 aromatic carbocycles. The van der Waals surface area contributed by atoms with Crippen molar-refractivity contribution < 1.29 is 0 Å². The van der Waals surface area contributed by atoms with Crippen molar-refractivity contribution in [3.63, 3.8) is 0 Å². The van der Waals surface area contributed by atoms with E-state index in [9.17, 15) is 0 Å². The van der Waals surface area contributed by atoms with Crippen LogP contribution in [0.5, 0.6) is 0 Å². The van der Waals surface area contributed by atoms with Gasteiger partial charge >= 0.3 is 0 Å². The lowest BCUT2D eigenvalue weighted by Gasteiger charge is -2.47. The minimum absolute atomic E-state index is 0.382. The zero-order valence-corrected chi connectivity index (χ0v) is 15.1. The lowest BCUT2D eigenvalue weighted by atomic mass is 9.58. The van der Waals surface area contributed by atoms with Crippen molar-refractivity contribution in [2.75, 3.05) is 0 Å². The van der Waals surface area contributed by atoms with Gasteiger partial charge < -0.3 is 5.73 Å². The molecule has 1 rings (SSSR count). The highest BCUT2D eigenvalue weighted by molar-refractivity contribution is 5.07. The summed E-state index contributed by atoms with van der Waals surface area (Å²) in [5.74, 6) is 2.51. The summed E-state index contributed by atoms with van der Waals surface area (Å²) in [6.07, 6.45) is 7.67. The molecule has 0 aliphatic heterocycles. The monoisotopic (exact) mass is 281 g/mol. The van der Waals surface area contributed by atoms with E-state index in [4.69, 9.17) is 5.73 Å². The molecule has 6 atom stereocenters. The van der Waals surface area contributed by atoms with E-state index in [-0.39, 0.29) is 0 Å². The number of rotatable bonds is 9. The smallest absolute Gasteiger partial charge is 0.00390 e. The first kappa shape index (κ1) is 18.0. The maximum Gasteiger partial charge on any atom is 0.00390 e. The van der Waals surface area contributed by atoms with Crippen LogP contribution in [0.2, 0.25) is 0 Å². The van der Waals surface area contributed by atoms with Gasteiger partial charge in [-0.15, -0.1) is 0 Å². The average molecular weight is 282 g/mol. The predicted molar refractivity (Wildman–Crippen MR) is 90.7 cm³/mol. The number of hydrogen-bond acceptors (Lipinski definition) is 1. The van der Waals surface area contributed by atoms with Gasteiger partial charge in [0.1, 0.15) is 0 Å². The maximum absolute atomic E-state index is 6.29. The summed E-state index contributed by atoms with van der Waals surface area (Å²) >= 11 is 0. The second kappa shape index (κ2) is 6.81. The van der Waals surface area contributed by atoms with Crippen LogP contribution in [0.1, 0.15) is 87.0 Å². The van der Waals surface area contributed by atoms with Crippen LogP contribution < -0.4 is 5.73 Å². The zero-order valence-electron chi connectivity index (χ0n) is 15.1. The van der Waals surface area contributed by atoms with E-state index >= 15 is 0 Å². The van der Waals surface area contributed by atoms with Crippen molar-refractivity contribution >= 4 is 0 Å². The highest BCUT2D eigenvalue weighted by Gasteiger charge is 2.58. The fraction of sp³-hybridized carbons (Fsp3) is 1.00. The lowest BCUT2D eigenvalue weighted by Crippen LogP contribution is -2.41. The van der Waals surface area contributed by atoms with Gasteiger partial charge in [-0.1, -0.05) is 61.3 Å². The summed E-state index contributed by atoms with van der Waals surface area (Å²) in [7, 11) is 0. The van der Waals surface area contributed by atoms with Crippen molar-refractivity contribution in [2.45, 2.75) is 93.0 Å². The van der Waals surface area contributed by atoms with Crippen molar-refractivity contribution in [1.82, 2.24) is 0 Å². The largest absolute Gasteiger partial charge is 0.328 e. The molecule has 0 radical (unpaired) electrons. The molecule has 6 unspecified atom stereocenters. The molecule has 0 spiro atoms. The van der Waals surface area contributed by atoms with E-state index < -0.39 is 0 Å². The lowest BCUT2D eigenvalue weighted by molar-refractivity contribution is 0.0266. The van der Waals surface area contributed by atoms with Crippen LogP contribution in [-0.4, -0.2) is 6.04 Å². The Kier molecular flexibility index (Phi) is 6.14. The van der Waals surface area contributed by atoms with Gasteiger partial charge in [0.25, 0.3) is 0 Å². The third kappa shape index (κ3) is 3.08. The molecule has 120 valence electrons. The first-order valence-corrected chi connectivity index (χ1v) is 9.07. The minimum Gasteiger partial charge on any atom is -0.328 e. The Labute approximate surface area is 128 Å². The van der Waals surface area contributed by atoms with Crippen LogP contribution >= 0.6 is 0 Å². The molecule has 0 heterocycles. The van der Waals surface area contributed by atoms with Gasteiger partial charge in [-0.2, -0.15) is 0 Å². The maximum atomic E-state index is 6.29. The van der Waals surface area contributed by atoms with Gasteiger partial charge in [-0.3, -0.25) is 0 Å². The number of hydrogen-bond donors (Lipinski definition) is 1. The van der Waals surface area contributed by atoms with Crippen LogP contribution in [0, 0.1) is 28.6 Å². The molecular formula is C19H39N. The Hall–Kier alpha value is -0.0400. The summed E-state index contributed by atoms with van der Waals surface area (Å²) in [5, 5.41) is 0. The van der Waals surface area contributed by atoms with Crippen LogP contribution in [0.4, 0.5) is 0 Å². The van der Waals surface area contributed by atoms with E-state index in [1.54, 1.807) is 0 Å². The Morgan fingerprint density at radius 2 is 1.75 bits per heavy atom. The van der Waals surface area contributed by atoms with E-state index in [2.05, 4.69) is 48.5 Å². The topological polar surface area (TPSA) is 26.0 Å². The average Bonchev–Trinajstić information content (AvgIpc) is 3.14.